The first-order valence-corrected chi connectivity index (χ1v) is 6.08. The van der Waals surface area contributed by atoms with Crippen LogP contribution >= 0.6 is 0 Å². The van der Waals surface area contributed by atoms with Gasteiger partial charge in [-0.25, -0.2) is 0 Å². The molecule has 0 aliphatic rings. The topological polar surface area (TPSA) is 101 Å². The Balaban J connectivity index is 4.35. The van der Waals surface area contributed by atoms with Gasteiger partial charge in [-0.15, -0.1) is 0 Å². The molecular weight excluding hydrogens is 224 g/mol. The molecule has 0 saturated carbocycles. The van der Waals surface area contributed by atoms with Crippen molar-refractivity contribution < 1.29 is 25.5 Å². The van der Waals surface area contributed by atoms with Crippen LogP contribution in [0.4, 0.5) is 0 Å². The van der Waals surface area contributed by atoms with E-state index in [2.05, 4.69) is 0 Å². The first-order chi connectivity index (χ1) is 7.75. The van der Waals surface area contributed by atoms with E-state index in [4.69, 9.17) is 5.11 Å². The van der Waals surface area contributed by atoms with E-state index in [9.17, 15) is 20.4 Å². The van der Waals surface area contributed by atoms with Crippen LogP contribution in [0.2, 0.25) is 0 Å². The summed E-state index contributed by atoms with van der Waals surface area (Å²) < 4.78 is 0. The minimum Gasteiger partial charge on any atom is -0.394 e. The van der Waals surface area contributed by atoms with Crippen molar-refractivity contribution in [3.8, 4) is 0 Å². The molecule has 0 aromatic heterocycles. The third kappa shape index (κ3) is 5.79. The summed E-state index contributed by atoms with van der Waals surface area (Å²) in [6.07, 6.45) is -3.34. The van der Waals surface area contributed by atoms with Crippen molar-refractivity contribution in [1.29, 1.82) is 0 Å². The molecule has 17 heavy (non-hydrogen) atoms. The largest absolute Gasteiger partial charge is 0.394 e. The fourth-order valence-electron chi connectivity index (χ4n) is 2.03. The minimum absolute atomic E-state index is 0.140. The van der Waals surface area contributed by atoms with Crippen LogP contribution in [0.5, 0.6) is 0 Å². The minimum atomic E-state index is -1.53. The van der Waals surface area contributed by atoms with Crippen LogP contribution in [-0.2, 0) is 0 Å². The Morgan fingerprint density at radius 1 is 0.941 bits per heavy atom. The lowest BCUT2D eigenvalue weighted by Gasteiger charge is -2.31. The molecule has 4 unspecified atom stereocenters. The first-order valence-electron chi connectivity index (χ1n) is 6.08. The molecule has 0 bridgehead atoms. The number of aliphatic hydroxyl groups is 5. The highest BCUT2D eigenvalue weighted by molar-refractivity contribution is 4.84. The van der Waals surface area contributed by atoms with Gasteiger partial charge in [-0.05, 0) is 18.3 Å². The second kappa shape index (κ2) is 7.28. The predicted octanol–water partition coefficient (Wildman–Crippen LogP) is -0.361. The lowest BCUT2D eigenvalue weighted by atomic mass is 9.80. The second-order valence-corrected chi connectivity index (χ2v) is 5.42. The maximum atomic E-state index is 9.79. The van der Waals surface area contributed by atoms with Crippen LogP contribution in [0.25, 0.3) is 0 Å². The molecule has 0 aliphatic heterocycles. The van der Waals surface area contributed by atoms with E-state index in [0.29, 0.717) is 6.42 Å². The standard InChI is InChI=1S/C12H26O5/c1-4-5-12(2,3)6-8(14)10(16)11(17)9(15)7-13/h8-11,13-17H,4-7H2,1-3H3. The highest BCUT2D eigenvalue weighted by Gasteiger charge is 2.33. The number of hydrogen-bond donors (Lipinski definition) is 5. The maximum absolute atomic E-state index is 9.79. The zero-order valence-corrected chi connectivity index (χ0v) is 10.9. The third-order valence-electron chi connectivity index (χ3n) is 3.01. The molecule has 0 rings (SSSR count). The van der Waals surface area contributed by atoms with E-state index >= 15 is 0 Å². The fourth-order valence-corrected chi connectivity index (χ4v) is 2.03. The molecule has 0 aliphatic carbocycles. The van der Waals surface area contributed by atoms with E-state index in [1.54, 1.807) is 0 Å². The second-order valence-electron chi connectivity index (χ2n) is 5.42. The molecule has 0 amide bonds. The van der Waals surface area contributed by atoms with Gasteiger partial charge in [-0.1, -0.05) is 27.2 Å². The molecule has 0 saturated heterocycles. The summed E-state index contributed by atoms with van der Waals surface area (Å²) >= 11 is 0. The van der Waals surface area contributed by atoms with Crippen molar-refractivity contribution in [3.05, 3.63) is 0 Å². The van der Waals surface area contributed by atoms with Crippen molar-refractivity contribution in [3.63, 3.8) is 0 Å². The average Bonchev–Trinajstić information content (AvgIpc) is 2.25. The Labute approximate surface area is 103 Å². The Bertz CT molecular complexity index is 207. The Kier molecular flexibility index (Phi) is 7.20. The molecule has 0 spiro atoms. The Hall–Kier alpha value is -0.200. The molecule has 5 heteroatoms. The summed E-state index contributed by atoms with van der Waals surface area (Å²) in [7, 11) is 0. The van der Waals surface area contributed by atoms with E-state index in [1.165, 1.54) is 0 Å². The molecule has 0 aromatic rings. The number of hydrogen-bond acceptors (Lipinski definition) is 5. The lowest BCUT2D eigenvalue weighted by Crippen LogP contribution is -2.46. The van der Waals surface area contributed by atoms with Crippen molar-refractivity contribution in [2.24, 2.45) is 5.41 Å². The van der Waals surface area contributed by atoms with Crippen LogP contribution < -0.4 is 0 Å². The number of rotatable bonds is 8. The summed E-state index contributed by atoms with van der Waals surface area (Å²) in [5.74, 6) is 0. The van der Waals surface area contributed by atoms with Crippen LogP contribution in [0.15, 0.2) is 0 Å². The van der Waals surface area contributed by atoms with Crippen LogP contribution in [0.3, 0.4) is 0 Å². The van der Waals surface area contributed by atoms with Gasteiger partial charge in [0.25, 0.3) is 0 Å². The van der Waals surface area contributed by atoms with Gasteiger partial charge in [0.05, 0.1) is 12.7 Å². The monoisotopic (exact) mass is 250 g/mol. The quantitative estimate of drug-likeness (QED) is 0.405. The molecule has 104 valence electrons. The summed E-state index contributed by atoms with van der Waals surface area (Å²) in [6, 6.07) is 0. The third-order valence-corrected chi connectivity index (χ3v) is 3.01. The smallest absolute Gasteiger partial charge is 0.110 e. The van der Waals surface area contributed by atoms with Gasteiger partial charge in [-0.3, -0.25) is 0 Å². The van der Waals surface area contributed by atoms with E-state index in [0.717, 1.165) is 12.8 Å². The highest BCUT2D eigenvalue weighted by Crippen LogP contribution is 2.29. The zero-order valence-electron chi connectivity index (χ0n) is 10.9. The molecule has 0 radical (unpaired) electrons. The molecule has 5 N–H and O–H groups in total. The maximum Gasteiger partial charge on any atom is 0.110 e. The molecule has 4 atom stereocenters. The van der Waals surface area contributed by atoms with Crippen molar-refractivity contribution in [2.75, 3.05) is 6.61 Å². The average molecular weight is 250 g/mol. The molecule has 0 heterocycles. The van der Waals surface area contributed by atoms with E-state index in [1.807, 2.05) is 20.8 Å². The van der Waals surface area contributed by atoms with Crippen molar-refractivity contribution >= 4 is 0 Å². The normalized spacial score (nSPS) is 19.8. The van der Waals surface area contributed by atoms with Gasteiger partial charge in [0, 0.05) is 0 Å². The highest BCUT2D eigenvalue weighted by atomic mass is 16.4. The van der Waals surface area contributed by atoms with E-state index < -0.39 is 31.0 Å². The molecule has 0 aromatic carbocycles. The van der Waals surface area contributed by atoms with Crippen LogP contribution in [-0.4, -0.2) is 56.6 Å². The van der Waals surface area contributed by atoms with Gasteiger partial charge in [-0.2, -0.15) is 0 Å². The SMILES string of the molecule is CCCC(C)(C)CC(O)C(O)C(O)C(O)CO. The Morgan fingerprint density at radius 2 is 1.41 bits per heavy atom. The van der Waals surface area contributed by atoms with Gasteiger partial charge in [0.2, 0.25) is 0 Å². The van der Waals surface area contributed by atoms with Crippen LogP contribution in [0, 0.1) is 5.41 Å². The lowest BCUT2D eigenvalue weighted by molar-refractivity contribution is -0.122. The predicted molar refractivity (Wildman–Crippen MR) is 64.4 cm³/mol. The first kappa shape index (κ1) is 16.8. The fraction of sp³-hybridized carbons (Fsp3) is 1.00. The zero-order chi connectivity index (χ0) is 13.6. The van der Waals surface area contributed by atoms with Gasteiger partial charge < -0.3 is 25.5 Å². The molecule has 0 fully saturated rings. The van der Waals surface area contributed by atoms with Gasteiger partial charge >= 0.3 is 0 Å². The van der Waals surface area contributed by atoms with E-state index in [-0.39, 0.29) is 5.41 Å². The Morgan fingerprint density at radius 3 is 1.82 bits per heavy atom. The number of aliphatic hydroxyl groups excluding tert-OH is 5. The van der Waals surface area contributed by atoms with Gasteiger partial charge in [0.15, 0.2) is 0 Å². The molecule has 5 nitrogen and oxygen atoms in total. The van der Waals surface area contributed by atoms with Gasteiger partial charge in [0.1, 0.15) is 18.3 Å². The van der Waals surface area contributed by atoms with Crippen LogP contribution in [0.1, 0.15) is 40.0 Å². The summed E-state index contributed by atoms with van der Waals surface area (Å²) in [6.45, 7) is 5.33. The summed E-state index contributed by atoms with van der Waals surface area (Å²) in [5, 5.41) is 46.7. The summed E-state index contributed by atoms with van der Waals surface area (Å²) in [5.41, 5.74) is -0.140. The van der Waals surface area contributed by atoms with Crippen molar-refractivity contribution in [1.82, 2.24) is 0 Å². The molecular formula is C12H26O5. The van der Waals surface area contributed by atoms with Crippen molar-refractivity contribution in [2.45, 2.75) is 64.4 Å². The summed E-state index contributed by atoms with van der Waals surface area (Å²) in [4.78, 5) is 0.